The zero-order valence-corrected chi connectivity index (χ0v) is 13.5. The number of rotatable bonds is 6. The third-order valence-electron chi connectivity index (χ3n) is 4.11. The van der Waals surface area contributed by atoms with Gasteiger partial charge >= 0.3 is 0 Å². The Balaban J connectivity index is 2.33. The highest BCUT2D eigenvalue weighted by molar-refractivity contribution is 5.92. The molecule has 1 aliphatic heterocycles. The van der Waals surface area contributed by atoms with E-state index in [1.807, 2.05) is 38.1 Å². The number of ether oxygens (including phenoxy) is 1. The molecular weight excluding hydrogens is 280 g/mol. The van der Waals surface area contributed by atoms with Crippen molar-refractivity contribution >= 4 is 11.8 Å². The normalized spacial score (nSPS) is 18.8. The number of nitrogens with one attached hydrogen (secondary N) is 1. The predicted molar refractivity (Wildman–Crippen MR) is 84.4 cm³/mol. The van der Waals surface area contributed by atoms with E-state index >= 15 is 0 Å². The summed E-state index contributed by atoms with van der Waals surface area (Å²) in [5, 5.41) is 2.99. The first-order valence-corrected chi connectivity index (χ1v) is 7.75. The quantitative estimate of drug-likeness (QED) is 0.870. The maximum absolute atomic E-state index is 12.7. The monoisotopic (exact) mass is 304 g/mol. The van der Waals surface area contributed by atoms with Gasteiger partial charge in [0.1, 0.15) is 6.04 Å². The molecule has 0 unspecified atom stereocenters. The van der Waals surface area contributed by atoms with E-state index in [0.29, 0.717) is 19.6 Å². The Morgan fingerprint density at radius 1 is 1.45 bits per heavy atom. The standard InChI is InChI=1S/C17H24N2O3/c1-4-12(2)18-17(21)16-14-8-6-5-7-13(14)11-15(20)19(16)9-10-22-3/h5-8,12,16H,4,9-11H2,1-3H3,(H,18,21)/t12-,16-/m1/s1. The molecular formula is C17H24N2O3. The van der Waals surface area contributed by atoms with Crippen LogP contribution in [-0.2, 0) is 20.7 Å². The van der Waals surface area contributed by atoms with Crippen LogP contribution in [0, 0.1) is 0 Å². The molecule has 0 aromatic heterocycles. The Bertz CT molecular complexity index is 544. The van der Waals surface area contributed by atoms with Crippen molar-refractivity contribution < 1.29 is 14.3 Å². The summed E-state index contributed by atoms with van der Waals surface area (Å²) in [6.07, 6.45) is 1.19. The van der Waals surface area contributed by atoms with Crippen LogP contribution < -0.4 is 5.32 Å². The van der Waals surface area contributed by atoms with Gasteiger partial charge in [-0.25, -0.2) is 0 Å². The minimum atomic E-state index is -0.568. The molecule has 0 fully saturated rings. The third kappa shape index (κ3) is 3.47. The largest absolute Gasteiger partial charge is 0.383 e. The van der Waals surface area contributed by atoms with E-state index in [-0.39, 0.29) is 17.9 Å². The van der Waals surface area contributed by atoms with Gasteiger partial charge in [-0.2, -0.15) is 0 Å². The number of hydrogen-bond acceptors (Lipinski definition) is 3. The van der Waals surface area contributed by atoms with Crippen molar-refractivity contribution in [2.75, 3.05) is 20.3 Å². The molecule has 0 radical (unpaired) electrons. The molecule has 1 aromatic carbocycles. The fraction of sp³-hybridized carbons (Fsp3) is 0.529. The average Bonchev–Trinajstić information content (AvgIpc) is 2.52. The topological polar surface area (TPSA) is 58.6 Å². The first-order valence-electron chi connectivity index (χ1n) is 7.75. The van der Waals surface area contributed by atoms with Gasteiger partial charge in [0.15, 0.2) is 0 Å². The maximum atomic E-state index is 12.7. The molecule has 0 bridgehead atoms. The molecule has 1 aliphatic rings. The molecule has 1 N–H and O–H groups in total. The second kappa shape index (κ2) is 7.40. The Morgan fingerprint density at radius 3 is 2.86 bits per heavy atom. The Labute approximate surface area is 131 Å². The summed E-state index contributed by atoms with van der Waals surface area (Å²) in [4.78, 5) is 26.8. The molecule has 1 aromatic rings. The van der Waals surface area contributed by atoms with E-state index in [4.69, 9.17) is 4.74 Å². The predicted octanol–water partition coefficient (Wildman–Crippen LogP) is 1.67. The van der Waals surface area contributed by atoms with Crippen molar-refractivity contribution in [2.45, 2.75) is 38.8 Å². The van der Waals surface area contributed by atoms with Crippen molar-refractivity contribution in [2.24, 2.45) is 0 Å². The first kappa shape index (κ1) is 16.5. The Kier molecular flexibility index (Phi) is 5.55. The van der Waals surface area contributed by atoms with Gasteiger partial charge in [0.05, 0.1) is 13.0 Å². The number of amides is 2. The minimum absolute atomic E-state index is 0.0277. The summed E-state index contributed by atoms with van der Waals surface area (Å²) >= 11 is 0. The second-order valence-corrected chi connectivity index (χ2v) is 5.68. The molecule has 2 rings (SSSR count). The lowest BCUT2D eigenvalue weighted by atomic mass is 9.91. The first-order chi connectivity index (χ1) is 10.6. The highest BCUT2D eigenvalue weighted by Crippen LogP contribution is 2.30. The van der Waals surface area contributed by atoms with Gasteiger partial charge in [-0.3, -0.25) is 9.59 Å². The van der Waals surface area contributed by atoms with Gasteiger partial charge in [0.2, 0.25) is 11.8 Å². The zero-order chi connectivity index (χ0) is 16.1. The molecule has 2 amide bonds. The van der Waals surface area contributed by atoms with Crippen LogP contribution in [0.5, 0.6) is 0 Å². The number of benzene rings is 1. The lowest BCUT2D eigenvalue weighted by Gasteiger charge is -2.36. The summed E-state index contributed by atoms with van der Waals surface area (Å²) in [7, 11) is 1.59. The number of carbonyl (C=O) groups excluding carboxylic acids is 2. The van der Waals surface area contributed by atoms with E-state index in [1.165, 1.54) is 0 Å². The lowest BCUT2D eigenvalue weighted by Crippen LogP contribution is -2.49. The van der Waals surface area contributed by atoms with Gasteiger partial charge in [0, 0.05) is 19.7 Å². The fourth-order valence-corrected chi connectivity index (χ4v) is 2.69. The fourth-order valence-electron chi connectivity index (χ4n) is 2.69. The van der Waals surface area contributed by atoms with Crippen molar-refractivity contribution in [3.63, 3.8) is 0 Å². The van der Waals surface area contributed by atoms with Gasteiger partial charge in [0.25, 0.3) is 0 Å². The van der Waals surface area contributed by atoms with Gasteiger partial charge in [-0.05, 0) is 24.5 Å². The summed E-state index contributed by atoms with van der Waals surface area (Å²) in [6.45, 7) is 4.82. The van der Waals surface area contributed by atoms with E-state index in [2.05, 4.69) is 5.32 Å². The number of methoxy groups -OCH3 is 1. The molecule has 1 heterocycles. The van der Waals surface area contributed by atoms with Crippen molar-refractivity contribution in [3.05, 3.63) is 35.4 Å². The molecule has 0 aliphatic carbocycles. The van der Waals surface area contributed by atoms with Crippen LogP contribution in [-0.4, -0.2) is 43.0 Å². The molecule has 2 atom stereocenters. The lowest BCUT2D eigenvalue weighted by molar-refractivity contribution is -0.142. The number of fused-ring (bicyclic) bond motifs is 1. The van der Waals surface area contributed by atoms with E-state index < -0.39 is 6.04 Å². The number of carbonyl (C=O) groups is 2. The molecule has 0 saturated heterocycles. The van der Waals surface area contributed by atoms with Crippen LogP contribution in [0.2, 0.25) is 0 Å². The van der Waals surface area contributed by atoms with Crippen molar-refractivity contribution in [3.8, 4) is 0 Å². The van der Waals surface area contributed by atoms with Crippen LogP contribution in [0.15, 0.2) is 24.3 Å². The van der Waals surface area contributed by atoms with Crippen LogP contribution >= 0.6 is 0 Å². The summed E-state index contributed by atoms with van der Waals surface area (Å²) in [6, 6.07) is 7.18. The summed E-state index contributed by atoms with van der Waals surface area (Å²) in [5.41, 5.74) is 1.85. The molecule has 0 spiro atoms. The molecule has 0 saturated carbocycles. The van der Waals surface area contributed by atoms with Crippen LogP contribution in [0.3, 0.4) is 0 Å². The Hall–Kier alpha value is -1.88. The molecule has 22 heavy (non-hydrogen) atoms. The SMILES string of the molecule is CC[C@@H](C)NC(=O)[C@H]1c2ccccc2CC(=O)N1CCOC. The highest BCUT2D eigenvalue weighted by atomic mass is 16.5. The van der Waals surface area contributed by atoms with Crippen molar-refractivity contribution in [1.29, 1.82) is 0 Å². The van der Waals surface area contributed by atoms with Crippen LogP contribution in [0.4, 0.5) is 0 Å². The summed E-state index contributed by atoms with van der Waals surface area (Å²) in [5.74, 6) is -0.147. The zero-order valence-electron chi connectivity index (χ0n) is 13.5. The highest BCUT2D eigenvalue weighted by Gasteiger charge is 2.36. The van der Waals surface area contributed by atoms with Crippen LogP contribution in [0.25, 0.3) is 0 Å². The van der Waals surface area contributed by atoms with Crippen molar-refractivity contribution in [1.82, 2.24) is 10.2 Å². The molecule has 120 valence electrons. The van der Waals surface area contributed by atoms with Crippen LogP contribution in [0.1, 0.15) is 37.4 Å². The van der Waals surface area contributed by atoms with E-state index in [0.717, 1.165) is 17.5 Å². The summed E-state index contributed by atoms with van der Waals surface area (Å²) < 4.78 is 5.09. The smallest absolute Gasteiger partial charge is 0.247 e. The van der Waals surface area contributed by atoms with E-state index in [9.17, 15) is 9.59 Å². The Morgan fingerprint density at radius 2 is 2.18 bits per heavy atom. The number of nitrogens with zero attached hydrogens (tertiary/aromatic N) is 1. The third-order valence-corrected chi connectivity index (χ3v) is 4.11. The molecule has 5 heteroatoms. The van der Waals surface area contributed by atoms with E-state index in [1.54, 1.807) is 12.0 Å². The van der Waals surface area contributed by atoms with Gasteiger partial charge in [-0.15, -0.1) is 0 Å². The number of hydrogen-bond donors (Lipinski definition) is 1. The molecule has 5 nitrogen and oxygen atoms in total. The van der Waals surface area contributed by atoms with Gasteiger partial charge in [-0.1, -0.05) is 31.2 Å². The average molecular weight is 304 g/mol. The maximum Gasteiger partial charge on any atom is 0.247 e. The minimum Gasteiger partial charge on any atom is -0.383 e. The second-order valence-electron chi connectivity index (χ2n) is 5.68. The van der Waals surface area contributed by atoms with Gasteiger partial charge < -0.3 is 15.0 Å².